The van der Waals surface area contributed by atoms with Gasteiger partial charge in [0.25, 0.3) is 0 Å². The molecule has 2 aromatic carbocycles. The van der Waals surface area contributed by atoms with E-state index in [0.29, 0.717) is 5.39 Å². The summed E-state index contributed by atoms with van der Waals surface area (Å²) in [6, 6.07) is 12.3. The van der Waals surface area contributed by atoms with Crippen LogP contribution >= 0.6 is 0 Å². The Labute approximate surface area is 151 Å². The average molecular weight is 347 g/mol. The van der Waals surface area contributed by atoms with Crippen molar-refractivity contribution in [3.63, 3.8) is 0 Å². The number of nitroso groups, excluding NO2 is 1. The topological polar surface area (TPSA) is 68.7 Å². The van der Waals surface area contributed by atoms with Crippen LogP contribution in [0.2, 0.25) is 0 Å². The molecule has 2 N–H and O–H groups in total. The summed E-state index contributed by atoms with van der Waals surface area (Å²) in [5.74, 6) is 0.704. The zero-order valence-corrected chi connectivity index (χ0v) is 14.5. The van der Waals surface area contributed by atoms with Gasteiger partial charge in [0.2, 0.25) is 5.88 Å². The van der Waals surface area contributed by atoms with Gasteiger partial charge in [-0.1, -0.05) is 30.3 Å². The van der Waals surface area contributed by atoms with Crippen LogP contribution in [0.25, 0.3) is 22.0 Å². The van der Waals surface area contributed by atoms with E-state index in [-0.39, 0.29) is 11.6 Å². The molecule has 1 aromatic heterocycles. The van der Waals surface area contributed by atoms with Crippen LogP contribution in [0.5, 0.6) is 5.88 Å². The van der Waals surface area contributed by atoms with E-state index in [1.54, 1.807) is 0 Å². The Hall–Kier alpha value is -2.66. The van der Waals surface area contributed by atoms with Gasteiger partial charge in [0.1, 0.15) is 0 Å². The SMILES string of the molecule is O=Nc1c(O)[nH]c2c3c(c(-c4ccccc4)cc12)CCN(CC1CC1)C3. The molecule has 0 atom stereocenters. The quantitative estimate of drug-likeness (QED) is 0.672. The number of fused-ring (bicyclic) bond motifs is 3. The Kier molecular flexibility index (Phi) is 3.57. The molecule has 3 aromatic rings. The van der Waals surface area contributed by atoms with E-state index in [9.17, 15) is 10.0 Å². The van der Waals surface area contributed by atoms with Crippen LogP contribution in [-0.2, 0) is 13.0 Å². The fraction of sp³-hybridized carbons (Fsp3) is 0.333. The molecule has 1 fully saturated rings. The maximum atomic E-state index is 11.3. The molecule has 0 amide bonds. The van der Waals surface area contributed by atoms with Crippen molar-refractivity contribution in [2.75, 3.05) is 13.1 Å². The number of nitrogens with one attached hydrogen (secondary N) is 1. The summed E-state index contributed by atoms with van der Waals surface area (Å²) >= 11 is 0. The monoisotopic (exact) mass is 347 g/mol. The zero-order chi connectivity index (χ0) is 17.7. The molecule has 0 saturated heterocycles. The molecule has 132 valence electrons. The van der Waals surface area contributed by atoms with E-state index in [4.69, 9.17) is 0 Å². The van der Waals surface area contributed by atoms with E-state index in [2.05, 4.69) is 27.2 Å². The highest BCUT2D eigenvalue weighted by Crippen LogP contribution is 2.43. The van der Waals surface area contributed by atoms with Crippen molar-refractivity contribution in [3.05, 3.63) is 52.4 Å². The van der Waals surface area contributed by atoms with Crippen LogP contribution in [0.3, 0.4) is 0 Å². The standard InChI is InChI=1S/C21H21N3O2/c25-21-20(23-26)17-10-16(14-4-2-1-3-5-14)15-8-9-24(11-13-6-7-13)12-18(15)19(17)22-21/h1-5,10,13,22,25H,6-9,11-12H2. The number of nitrogens with zero attached hydrogens (tertiary/aromatic N) is 2. The van der Waals surface area contributed by atoms with Crippen LogP contribution < -0.4 is 0 Å². The molecule has 0 unspecified atom stereocenters. The Morgan fingerprint density at radius 3 is 2.73 bits per heavy atom. The van der Waals surface area contributed by atoms with Crippen LogP contribution in [-0.4, -0.2) is 28.1 Å². The molecule has 5 rings (SSSR count). The summed E-state index contributed by atoms with van der Waals surface area (Å²) in [7, 11) is 0. The van der Waals surface area contributed by atoms with E-state index in [1.165, 1.54) is 24.0 Å². The highest BCUT2D eigenvalue weighted by atomic mass is 16.3. The third-order valence-electron chi connectivity index (χ3n) is 5.72. The first-order chi connectivity index (χ1) is 12.7. The zero-order valence-electron chi connectivity index (χ0n) is 14.5. The van der Waals surface area contributed by atoms with Gasteiger partial charge >= 0.3 is 0 Å². The van der Waals surface area contributed by atoms with Gasteiger partial charge in [-0.25, -0.2) is 0 Å². The minimum absolute atomic E-state index is 0.110. The summed E-state index contributed by atoms with van der Waals surface area (Å²) in [5, 5.41) is 13.9. The highest BCUT2D eigenvalue weighted by molar-refractivity contribution is 6.00. The van der Waals surface area contributed by atoms with Crippen LogP contribution in [0.4, 0.5) is 5.69 Å². The lowest BCUT2D eigenvalue weighted by molar-refractivity contribution is 0.245. The molecular weight excluding hydrogens is 326 g/mol. The van der Waals surface area contributed by atoms with Gasteiger partial charge in [0, 0.05) is 25.0 Å². The molecule has 0 spiro atoms. The fourth-order valence-electron chi connectivity index (χ4n) is 4.24. The number of benzene rings is 2. The third kappa shape index (κ3) is 2.51. The minimum atomic E-state index is -0.137. The first-order valence-electron chi connectivity index (χ1n) is 9.25. The molecule has 2 aliphatic rings. The molecule has 2 heterocycles. The Morgan fingerprint density at radius 2 is 2.00 bits per heavy atom. The van der Waals surface area contributed by atoms with E-state index < -0.39 is 0 Å². The van der Waals surface area contributed by atoms with E-state index in [1.807, 2.05) is 24.3 Å². The number of H-pyrrole nitrogens is 1. The van der Waals surface area contributed by atoms with Crippen molar-refractivity contribution in [2.45, 2.75) is 25.8 Å². The van der Waals surface area contributed by atoms with Crippen LogP contribution in [0, 0.1) is 10.8 Å². The summed E-state index contributed by atoms with van der Waals surface area (Å²) in [5.41, 5.74) is 5.75. The number of rotatable bonds is 4. The van der Waals surface area contributed by atoms with Crippen molar-refractivity contribution in [2.24, 2.45) is 11.1 Å². The molecule has 1 aliphatic heterocycles. The smallest absolute Gasteiger partial charge is 0.219 e. The largest absolute Gasteiger partial charge is 0.493 e. The fourth-order valence-corrected chi connectivity index (χ4v) is 4.24. The maximum Gasteiger partial charge on any atom is 0.219 e. The average Bonchev–Trinajstić information content (AvgIpc) is 3.42. The Morgan fingerprint density at radius 1 is 1.19 bits per heavy atom. The molecule has 5 nitrogen and oxygen atoms in total. The maximum absolute atomic E-state index is 11.3. The molecule has 1 saturated carbocycles. The van der Waals surface area contributed by atoms with Crippen molar-refractivity contribution in [1.82, 2.24) is 9.88 Å². The molecule has 1 aliphatic carbocycles. The highest BCUT2D eigenvalue weighted by Gasteiger charge is 2.29. The van der Waals surface area contributed by atoms with Crippen molar-refractivity contribution < 1.29 is 5.11 Å². The summed E-state index contributed by atoms with van der Waals surface area (Å²) in [6.45, 7) is 3.05. The number of aromatic nitrogens is 1. The second kappa shape index (κ2) is 5.95. The molecule has 26 heavy (non-hydrogen) atoms. The first-order valence-corrected chi connectivity index (χ1v) is 9.25. The Balaban J connectivity index is 1.71. The molecular formula is C21H21N3O2. The van der Waals surface area contributed by atoms with E-state index in [0.717, 1.165) is 48.6 Å². The third-order valence-corrected chi connectivity index (χ3v) is 5.72. The van der Waals surface area contributed by atoms with Crippen molar-refractivity contribution in [3.8, 4) is 17.0 Å². The van der Waals surface area contributed by atoms with E-state index >= 15 is 0 Å². The minimum Gasteiger partial charge on any atom is -0.493 e. The van der Waals surface area contributed by atoms with Crippen molar-refractivity contribution >= 4 is 16.6 Å². The van der Waals surface area contributed by atoms with Crippen LogP contribution in [0.1, 0.15) is 24.0 Å². The Bertz CT molecular complexity index is 990. The second-order valence-corrected chi connectivity index (χ2v) is 7.51. The number of aromatic amines is 1. The first kappa shape index (κ1) is 15.6. The lowest BCUT2D eigenvalue weighted by Gasteiger charge is -2.30. The number of hydrogen-bond acceptors (Lipinski definition) is 4. The predicted octanol–water partition coefficient (Wildman–Crippen LogP) is 4.71. The lowest BCUT2D eigenvalue weighted by Crippen LogP contribution is -2.32. The molecule has 5 heteroatoms. The normalized spacial score (nSPS) is 17.4. The molecule has 0 bridgehead atoms. The van der Waals surface area contributed by atoms with Gasteiger partial charge in [0.05, 0.1) is 5.52 Å². The summed E-state index contributed by atoms with van der Waals surface area (Å²) in [4.78, 5) is 16.8. The predicted molar refractivity (Wildman–Crippen MR) is 103 cm³/mol. The van der Waals surface area contributed by atoms with Crippen molar-refractivity contribution in [1.29, 1.82) is 0 Å². The number of hydrogen-bond donors (Lipinski definition) is 2. The van der Waals surface area contributed by atoms with Gasteiger partial charge in [-0.2, -0.15) is 0 Å². The van der Waals surface area contributed by atoms with Gasteiger partial charge in [0.15, 0.2) is 5.69 Å². The second-order valence-electron chi connectivity index (χ2n) is 7.51. The van der Waals surface area contributed by atoms with Gasteiger partial charge in [-0.05, 0) is 58.7 Å². The summed E-state index contributed by atoms with van der Waals surface area (Å²) < 4.78 is 0. The number of aromatic hydroxyl groups is 1. The molecule has 0 radical (unpaired) electrons. The lowest BCUT2D eigenvalue weighted by atomic mass is 9.88. The van der Waals surface area contributed by atoms with Gasteiger partial charge in [-0.15, -0.1) is 4.91 Å². The van der Waals surface area contributed by atoms with Crippen LogP contribution in [0.15, 0.2) is 41.6 Å². The van der Waals surface area contributed by atoms with Gasteiger partial charge < -0.3 is 10.1 Å². The van der Waals surface area contributed by atoms with Gasteiger partial charge in [-0.3, -0.25) is 4.90 Å². The summed E-state index contributed by atoms with van der Waals surface area (Å²) in [6.07, 6.45) is 3.66.